The summed E-state index contributed by atoms with van der Waals surface area (Å²) in [5, 5.41) is 6.94. The van der Waals surface area contributed by atoms with Gasteiger partial charge in [-0.05, 0) is 24.8 Å². The molecule has 28 heavy (non-hydrogen) atoms. The Labute approximate surface area is 184 Å². The van der Waals surface area contributed by atoms with Crippen molar-refractivity contribution in [3.63, 3.8) is 0 Å². The fraction of sp³-hybridized carbons (Fsp3) is 0.600. The van der Waals surface area contributed by atoms with Gasteiger partial charge in [-0.1, -0.05) is 18.2 Å². The third kappa shape index (κ3) is 6.51. The van der Waals surface area contributed by atoms with Gasteiger partial charge in [0.25, 0.3) is 0 Å². The van der Waals surface area contributed by atoms with Crippen LogP contribution in [0, 0.1) is 5.92 Å². The van der Waals surface area contributed by atoms with Gasteiger partial charge in [0.05, 0.1) is 12.6 Å². The number of benzene rings is 1. The number of carbonyl (C=O) groups is 1. The lowest BCUT2D eigenvalue weighted by Crippen LogP contribution is -2.44. The van der Waals surface area contributed by atoms with Gasteiger partial charge in [0, 0.05) is 45.8 Å². The van der Waals surface area contributed by atoms with Crippen LogP contribution in [-0.2, 0) is 9.53 Å². The number of guanidine groups is 1. The molecular weight excluding hydrogens is 471 g/mol. The molecule has 156 valence electrons. The maximum Gasteiger partial charge on any atom is 0.243 e. The van der Waals surface area contributed by atoms with Gasteiger partial charge < -0.3 is 25.0 Å². The molecule has 1 atom stereocenters. The number of fused-ring (bicyclic) bond motifs is 1. The van der Waals surface area contributed by atoms with E-state index >= 15 is 0 Å². The van der Waals surface area contributed by atoms with E-state index in [-0.39, 0.29) is 42.5 Å². The molecule has 0 aromatic heterocycles. The molecule has 2 aliphatic heterocycles. The first-order chi connectivity index (χ1) is 13.1. The fourth-order valence-electron chi connectivity index (χ4n) is 3.29. The van der Waals surface area contributed by atoms with E-state index in [1.807, 2.05) is 18.2 Å². The van der Waals surface area contributed by atoms with Gasteiger partial charge in [-0.25, -0.2) is 4.99 Å². The van der Waals surface area contributed by atoms with Gasteiger partial charge in [-0.3, -0.25) is 4.79 Å². The summed E-state index contributed by atoms with van der Waals surface area (Å²) in [6.45, 7) is 3.26. The van der Waals surface area contributed by atoms with Crippen molar-refractivity contribution in [1.29, 1.82) is 0 Å². The molecule has 1 aromatic carbocycles. The number of aliphatic imine (C=N–C) groups is 1. The van der Waals surface area contributed by atoms with Gasteiger partial charge in [0.1, 0.15) is 12.3 Å². The number of rotatable bonds is 5. The van der Waals surface area contributed by atoms with E-state index in [0.717, 1.165) is 50.3 Å². The van der Waals surface area contributed by atoms with Crippen molar-refractivity contribution in [3.05, 3.63) is 29.8 Å². The minimum absolute atomic E-state index is 0. The molecule has 1 aromatic rings. The maximum atomic E-state index is 12.0. The van der Waals surface area contributed by atoms with Crippen LogP contribution in [0.2, 0.25) is 0 Å². The summed E-state index contributed by atoms with van der Waals surface area (Å²) in [7, 11) is 3.49. The Hall–Kier alpha value is -1.55. The monoisotopic (exact) mass is 502 g/mol. The quantitative estimate of drug-likeness (QED) is 0.367. The number of ether oxygens (including phenoxy) is 2. The minimum atomic E-state index is -0.0189. The highest BCUT2D eigenvalue weighted by atomic mass is 127. The lowest BCUT2D eigenvalue weighted by atomic mass is 10.00. The Morgan fingerprint density at radius 1 is 1.18 bits per heavy atom. The van der Waals surface area contributed by atoms with E-state index in [2.05, 4.69) is 21.7 Å². The predicted octanol–water partition coefficient (Wildman–Crippen LogP) is 2.18. The third-order valence-electron chi connectivity index (χ3n) is 5.04. The molecule has 0 saturated carbocycles. The van der Waals surface area contributed by atoms with E-state index in [4.69, 9.17) is 9.47 Å². The van der Waals surface area contributed by atoms with Crippen LogP contribution >= 0.6 is 24.0 Å². The molecule has 1 saturated heterocycles. The molecule has 2 aliphatic rings. The Morgan fingerprint density at radius 3 is 2.68 bits per heavy atom. The van der Waals surface area contributed by atoms with Gasteiger partial charge in [-0.15, -0.1) is 24.0 Å². The van der Waals surface area contributed by atoms with Gasteiger partial charge in [0.2, 0.25) is 5.91 Å². The number of likely N-dealkylation sites (N-methyl/N-ethyl adjacent to an activating group) is 1. The highest BCUT2D eigenvalue weighted by Crippen LogP contribution is 2.31. The van der Waals surface area contributed by atoms with Crippen LogP contribution in [-0.4, -0.2) is 63.8 Å². The van der Waals surface area contributed by atoms with Crippen molar-refractivity contribution in [3.8, 4) is 5.75 Å². The first-order valence-corrected chi connectivity index (χ1v) is 9.68. The van der Waals surface area contributed by atoms with Gasteiger partial charge >= 0.3 is 0 Å². The number of hydrogen-bond donors (Lipinski definition) is 2. The second kappa shape index (κ2) is 11.5. The molecule has 2 N–H and O–H groups in total. The smallest absolute Gasteiger partial charge is 0.243 e. The Bertz CT molecular complexity index is 663. The molecule has 0 spiro atoms. The zero-order valence-corrected chi connectivity index (χ0v) is 19.0. The van der Waals surface area contributed by atoms with E-state index in [1.165, 1.54) is 0 Å². The van der Waals surface area contributed by atoms with Crippen molar-refractivity contribution in [1.82, 2.24) is 15.5 Å². The molecule has 1 fully saturated rings. The number of nitrogens with zero attached hydrogens (tertiary/aromatic N) is 2. The average molecular weight is 502 g/mol. The van der Waals surface area contributed by atoms with Crippen molar-refractivity contribution >= 4 is 35.8 Å². The van der Waals surface area contributed by atoms with E-state index < -0.39 is 0 Å². The lowest BCUT2D eigenvalue weighted by Gasteiger charge is -2.29. The molecule has 7 nitrogen and oxygen atoms in total. The van der Waals surface area contributed by atoms with Crippen LogP contribution in [0.5, 0.6) is 5.75 Å². The SMILES string of the molecule is CN(C)C(=O)CN=C(NCC1CCOCC1)NC1CCOc2ccccc21.I. The predicted molar refractivity (Wildman–Crippen MR) is 120 cm³/mol. The van der Waals surface area contributed by atoms with Crippen molar-refractivity contribution in [2.45, 2.75) is 25.3 Å². The molecule has 1 amide bonds. The Kier molecular flexibility index (Phi) is 9.30. The largest absolute Gasteiger partial charge is 0.493 e. The second-order valence-corrected chi connectivity index (χ2v) is 7.26. The van der Waals surface area contributed by atoms with Crippen LogP contribution in [0.4, 0.5) is 0 Å². The summed E-state index contributed by atoms with van der Waals surface area (Å²) in [6, 6.07) is 8.18. The zero-order chi connectivity index (χ0) is 19.1. The van der Waals surface area contributed by atoms with Crippen LogP contribution in [0.15, 0.2) is 29.3 Å². The summed E-state index contributed by atoms with van der Waals surface area (Å²) in [4.78, 5) is 18.1. The number of hydrogen-bond acceptors (Lipinski definition) is 4. The van der Waals surface area contributed by atoms with Gasteiger partial charge in [-0.2, -0.15) is 0 Å². The van der Waals surface area contributed by atoms with Crippen molar-refractivity contribution in [2.75, 3.05) is 47.0 Å². The molecule has 8 heteroatoms. The highest BCUT2D eigenvalue weighted by molar-refractivity contribution is 14.0. The Balaban J connectivity index is 0.00000280. The number of carbonyl (C=O) groups excluding carboxylic acids is 1. The standard InChI is InChI=1S/C20H30N4O3.HI/c1-24(2)19(25)14-22-20(21-13-15-7-10-26-11-8-15)23-17-9-12-27-18-6-4-3-5-16(17)18;/h3-6,15,17H,7-14H2,1-2H3,(H2,21,22,23);1H. The average Bonchev–Trinajstić information content (AvgIpc) is 2.70. The minimum Gasteiger partial charge on any atom is -0.493 e. The summed E-state index contributed by atoms with van der Waals surface area (Å²) in [5.41, 5.74) is 1.13. The molecule has 0 aliphatic carbocycles. The lowest BCUT2D eigenvalue weighted by molar-refractivity contribution is -0.127. The fourth-order valence-corrected chi connectivity index (χ4v) is 3.29. The number of nitrogens with one attached hydrogen (secondary N) is 2. The van der Waals surface area contributed by atoms with Crippen LogP contribution in [0.3, 0.4) is 0 Å². The zero-order valence-electron chi connectivity index (χ0n) is 16.6. The van der Waals surface area contributed by atoms with E-state index in [0.29, 0.717) is 18.5 Å². The molecule has 0 bridgehead atoms. The summed E-state index contributed by atoms with van der Waals surface area (Å²) in [6.07, 6.45) is 2.96. The Morgan fingerprint density at radius 2 is 1.93 bits per heavy atom. The number of halogens is 1. The first-order valence-electron chi connectivity index (χ1n) is 9.68. The molecule has 1 unspecified atom stereocenters. The van der Waals surface area contributed by atoms with Crippen molar-refractivity contribution < 1.29 is 14.3 Å². The van der Waals surface area contributed by atoms with E-state index in [1.54, 1.807) is 19.0 Å². The number of para-hydroxylation sites is 1. The molecule has 2 heterocycles. The van der Waals surface area contributed by atoms with Crippen LogP contribution in [0.1, 0.15) is 30.9 Å². The van der Waals surface area contributed by atoms with E-state index in [9.17, 15) is 4.79 Å². The van der Waals surface area contributed by atoms with Gasteiger partial charge in [0.15, 0.2) is 5.96 Å². The molecule has 0 radical (unpaired) electrons. The van der Waals surface area contributed by atoms with Crippen molar-refractivity contribution in [2.24, 2.45) is 10.9 Å². The first kappa shape index (κ1) is 22.7. The third-order valence-corrected chi connectivity index (χ3v) is 5.04. The van der Waals surface area contributed by atoms with Crippen LogP contribution in [0.25, 0.3) is 0 Å². The maximum absolute atomic E-state index is 12.0. The normalized spacial score (nSPS) is 19.6. The summed E-state index contributed by atoms with van der Waals surface area (Å²) < 4.78 is 11.2. The highest BCUT2D eigenvalue weighted by Gasteiger charge is 2.22. The second-order valence-electron chi connectivity index (χ2n) is 7.26. The molecular formula is C20H31IN4O3. The van der Waals surface area contributed by atoms with Crippen LogP contribution < -0.4 is 15.4 Å². The topological polar surface area (TPSA) is 75.2 Å². The number of amides is 1. The summed E-state index contributed by atoms with van der Waals surface area (Å²) >= 11 is 0. The molecule has 3 rings (SSSR count). The summed E-state index contributed by atoms with van der Waals surface area (Å²) in [5.74, 6) is 2.14.